The van der Waals surface area contributed by atoms with E-state index in [-0.39, 0.29) is 0 Å². The number of halogens is 1. The SMILES string of the molecule is C[C@@H](NF)C(=O)O. The number of nitrogens with one attached hydrogen (secondary N) is 1. The summed E-state index contributed by atoms with van der Waals surface area (Å²) in [5, 5.41) is 7.88. The molecule has 0 bridgehead atoms. The molecule has 0 heterocycles. The first kappa shape index (κ1) is 6.36. The lowest BCUT2D eigenvalue weighted by molar-refractivity contribution is -0.140. The van der Waals surface area contributed by atoms with Crippen molar-refractivity contribution in [3.8, 4) is 0 Å². The van der Waals surface area contributed by atoms with E-state index >= 15 is 0 Å². The smallest absolute Gasteiger partial charge is 0.323 e. The number of rotatable bonds is 2. The number of carboxylic acid groups (broad SMARTS) is 1. The van der Waals surface area contributed by atoms with Gasteiger partial charge in [-0.2, -0.15) is 0 Å². The fourth-order valence-electron chi connectivity index (χ4n) is 0.0467. The molecular weight excluding hydrogens is 101 g/mol. The Balaban J connectivity index is 3.34. The maximum atomic E-state index is 11.0. The zero-order valence-corrected chi connectivity index (χ0v) is 3.81. The highest BCUT2D eigenvalue weighted by molar-refractivity contribution is 5.72. The minimum absolute atomic E-state index is 1.06. The largest absolute Gasteiger partial charge is 0.480 e. The number of hydrogen-bond donors (Lipinski definition) is 2. The Morgan fingerprint density at radius 2 is 2.43 bits per heavy atom. The molecule has 0 aliphatic heterocycles. The van der Waals surface area contributed by atoms with Crippen LogP contribution >= 0.6 is 0 Å². The molecule has 0 aromatic carbocycles. The van der Waals surface area contributed by atoms with Crippen LogP contribution in [0.5, 0.6) is 0 Å². The fraction of sp³-hybridized carbons (Fsp3) is 0.667. The predicted molar refractivity (Wildman–Crippen MR) is 21.3 cm³/mol. The van der Waals surface area contributed by atoms with Gasteiger partial charge in [0.2, 0.25) is 0 Å². The average Bonchev–Trinajstić information content (AvgIpc) is 1.65. The Morgan fingerprint density at radius 3 is 2.43 bits per heavy atom. The summed E-state index contributed by atoms with van der Waals surface area (Å²) < 4.78 is 11.0. The van der Waals surface area contributed by atoms with Gasteiger partial charge >= 0.3 is 5.97 Å². The Bertz CT molecular complexity index is 75.3. The highest BCUT2D eigenvalue weighted by atomic mass is 19.2. The Hall–Kier alpha value is -0.640. The van der Waals surface area contributed by atoms with Crippen LogP contribution in [-0.2, 0) is 4.79 Å². The van der Waals surface area contributed by atoms with Crippen LogP contribution in [0.4, 0.5) is 4.48 Å². The molecule has 4 heteroatoms. The van der Waals surface area contributed by atoms with Gasteiger partial charge in [0.1, 0.15) is 6.04 Å². The zero-order valence-electron chi connectivity index (χ0n) is 3.81. The highest BCUT2D eigenvalue weighted by Gasteiger charge is 2.07. The van der Waals surface area contributed by atoms with Crippen molar-refractivity contribution in [2.24, 2.45) is 0 Å². The van der Waals surface area contributed by atoms with Gasteiger partial charge in [0.25, 0.3) is 0 Å². The van der Waals surface area contributed by atoms with Crippen LogP contribution in [0.3, 0.4) is 0 Å². The second kappa shape index (κ2) is 2.52. The standard InChI is InChI=1S/C3H6FNO2/c1-2(5-4)3(6)7/h2,5H,1H3,(H,6,7)/t2-/m1/s1. The molecule has 0 aliphatic rings. The van der Waals surface area contributed by atoms with E-state index in [1.807, 2.05) is 0 Å². The lowest BCUT2D eigenvalue weighted by Gasteiger charge is -1.95. The van der Waals surface area contributed by atoms with Gasteiger partial charge in [-0.25, -0.2) is 0 Å². The monoisotopic (exact) mass is 107 g/mol. The molecule has 0 aliphatic carbocycles. The topological polar surface area (TPSA) is 49.3 Å². The second-order valence-corrected chi connectivity index (χ2v) is 1.17. The highest BCUT2D eigenvalue weighted by Crippen LogP contribution is 1.77. The van der Waals surface area contributed by atoms with Crippen LogP contribution < -0.4 is 5.54 Å². The molecule has 0 radical (unpaired) electrons. The minimum atomic E-state index is -1.19. The predicted octanol–water partition coefficient (Wildman–Crippen LogP) is -0.0664. The van der Waals surface area contributed by atoms with E-state index in [0.29, 0.717) is 0 Å². The summed E-state index contributed by atoms with van der Waals surface area (Å²) in [5.74, 6) is -1.19. The van der Waals surface area contributed by atoms with E-state index in [4.69, 9.17) is 5.11 Å². The van der Waals surface area contributed by atoms with Gasteiger partial charge < -0.3 is 5.11 Å². The lowest BCUT2D eigenvalue weighted by Crippen LogP contribution is -2.27. The summed E-state index contributed by atoms with van der Waals surface area (Å²) in [5.41, 5.74) is 1.06. The van der Waals surface area contributed by atoms with E-state index in [0.717, 1.165) is 5.54 Å². The van der Waals surface area contributed by atoms with Crippen molar-refractivity contribution in [2.75, 3.05) is 0 Å². The van der Waals surface area contributed by atoms with E-state index in [9.17, 15) is 9.28 Å². The summed E-state index contributed by atoms with van der Waals surface area (Å²) in [7, 11) is 0. The molecule has 3 nitrogen and oxygen atoms in total. The fourth-order valence-corrected chi connectivity index (χ4v) is 0.0467. The van der Waals surface area contributed by atoms with Gasteiger partial charge in [-0.3, -0.25) is 4.79 Å². The number of aliphatic carboxylic acids is 1. The number of carbonyl (C=O) groups is 1. The van der Waals surface area contributed by atoms with Crippen molar-refractivity contribution in [1.82, 2.24) is 5.54 Å². The van der Waals surface area contributed by atoms with Crippen molar-refractivity contribution in [3.63, 3.8) is 0 Å². The third-order valence-corrected chi connectivity index (χ3v) is 0.534. The molecule has 0 unspecified atom stereocenters. The molecule has 2 N–H and O–H groups in total. The minimum Gasteiger partial charge on any atom is -0.480 e. The Morgan fingerprint density at radius 1 is 2.00 bits per heavy atom. The summed E-state index contributed by atoms with van der Waals surface area (Å²) in [6.45, 7) is 1.21. The van der Waals surface area contributed by atoms with Crippen LogP contribution in [0, 0.1) is 0 Å². The normalized spacial score (nSPS) is 13.4. The maximum Gasteiger partial charge on any atom is 0.323 e. The van der Waals surface area contributed by atoms with E-state index in [2.05, 4.69) is 0 Å². The maximum absolute atomic E-state index is 11.0. The van der Waals surface area contributed by atoms with Gasteiger partial charge in [0, 0.05) is 0 Å². The van der Waals surface area contributed by atoms with Crippen molar-refractivity contribution in [3.05, 3.63) is 0 Å². The van der Waals surface area contributed by atoms with Crippen molar-refractivity contribution in [2.45, 2.75) is 13.0 Å². The third-order valence-electron chi connectivity index (χ3n) is 0.534. The van der Waals surface area contributed by atoms with E-state index in [1.54, 1.807) is 0 Å². The molecular formula is C3H6FNO2. The van der Waals surface area contributed by atoms with Crippen LogP contribution in [0.15, 0.2) is 0 Å². The Labute approximate surface area is 40.1 Å². The average molecular weight is 107 g/mol. The molecule has 42 valence electrons. The van der Waals surface area contributed by atoms with E-state index < -0.39 is 12.0 Å². The van der Waals surface area contributed by atoms with Crippen molar-refractivity contribution in [1.29, 1.82) is 0 Å². The summed E-state index contributed by atoms with van der Waals surface area (Å²) in [6, 6.07) is -1.10. The molecule has 0 spiro atoms. The van der Waals surface area contributed by atoms with Gasteiger partial charge in [-0.05, 0) is 6.92 Å². The van der Waals surface area contributed by atoms with Gasteiger partial charge in [-0.15, -0.1) is 10.0 Å². The number of hydrogen-bond acceptors (Lipinski definition) is 2. The molecule has 7 heavy (non-hydrogen) atoms. The van der Waals surface area contributed by atoms with Gasteiger partial charge in [-0.1, -0.05) is 0 Å². The molecule has 0 aromatic heterocycles. The first-order valence-corrected chi connectivity index (χ1v) is 1.77. The number of carboxylic acids is 1. The van der Waals surface area contributed by atoms with E-state index in [1.165, 1.54) is 6.92 Å². The third kappa shape index (κ3) is 2.11. The molecule has 0 saturated heterocycles. The molecule has 0 fully saturated rings. The summed E-state index contributed by atoms with van der Waals surface area (Å²) >= 11 is 0. The molecule has 0 amide bonds. The molecule has 0 saturated carbocycles. The molecule has 0 rings (SSSR count). The van der Waals surface area contributed by atoms with Gasteiger partial charge in [0.05, 0.1) is 0 Å². The Kier molecular flexibility index (Phi) is 2.29. The second-order valence-electron chi connectivity index (χ2n) is 1.17. The summed E-state index contributed by atoms with van der Waals surface area (Å²) in [4.78, 5) is 9.63. The molecule has 0 aromatic rings. The zero-order chi connectivity index (χ0) is 5.86. The van der Waals surface area contributed by atoms with Gasteiger partial charge in [0.15, 0.2) is 0 Å². The quantitative estimate of drug-likeness (QED) is 0.486. The lowest BCUT2D eigenvalue weighted by atomic mass is 10.4. The first-order valence-electron chi connectivity index (χ1n) is 1.77. The van der Waals surface area contributed by atoms with Crippen molar-refractivity contribution >= 4 is 5.97 Å². The molecule has 1 atom stereocenters. The van der Waals surface area contributed by atoms with Crippen LogP contribution in [-0.4, -0.2) is 17.1 Å². The van der Waals surface area contributed by atoms with Crippen molar-refractivity contribution < 1.29 is 14.4 Å². The van der Waals surface area contributed by atoms with Crippen LogP contribution in [0.25, 0.3) is 0 Å². The summed E-state index contributed by atoms with van der Waals surface area (Å²) in [6.07, 6.45) is 0. The first-order chi connectivity index (χ1) is 3.18. The van der Waals surface area contributed by atoms with Crippen LogP contribution in [0.1, 0.15) is 6.92 Å². The van der Waals surface area contributed by atoms with Crippen LogP contribution in [0.2, 0.25) is 0 Å².